The molecule has 28 heavy (non-hydrogen) atoms. The van der Waals surface area contributed by atoms with E-state index >= 15 is 0 Å². The molecule has 1 heterocycles. The van der Waals surface area contributed by atoms with Crippen LogP contribution in [0.2, 0.25) is 0 Å². The molecule has 1 aliphatic heterocycles. The zero-order valence-corrected chi connectivity index (χ0v) is 16.2. The highest BCUT2D eigenvalue weighted by molar-refractivity contribution is 6.36. The minimum Gasteiger partial charge on any atom is -0.350 e. The van der Waals surface area contributed by atoms with Gasteiger partial charge in [-0.2, -0.15) is 0 Å². The first-order valence-corrected chi connectivity index (χ1v) is 9.17. The Labute approximate surface area is 164 Å². The first kappa shape index (κ1) is 19.4. The number of hydrogen-bond donors (Lipinski definition) is 2. The van der Waals surface area contributed by atoms with Gasteiger partial charge >= 0.3 is 0 Å². The number of rotatable bonds is 6. The first-order valence-electron chi connectivity index (χ1n) is 9.17. The summed E-state index contributed by atoms with van der Waals surface area (Å²) < 4.78 is 0. The van der Waals surface area contributed by atoms with Gasteiger partial charge in [-0.3, -0.25) is 19.3 Å². The summed E-state index contributed by atoms with van der Waals surface area (Å²) in [7, 11) is 0. The van der Waals surface area contributed by atoms with Gasteiger partial charge in [0.25, 0.3) is 11.8 Å². The van der Waals surface area contributed by atoms with Crippen molar-refractivity contribution in [2.45, 2.75) is 20.8 Å². The summed E-state index contributed by atoms with van der Waals surface area (Å²) in [6.07, 6.45) is 0. The fraction of sp³-hybridized carbons (Fsp3) is 0.227. The predicted molar refractivity (Wildman–Crippen MR) is 109 cm³/mol. The second-order valence-corrected chi connectivity index (χ2v) is 7.11. The lowest BCUT2D eigenvalue weighted by Crippen LogP contribution is -2.35. The van der Waals surface area contributed by atoms with Crippen LogP contribution in [0.4, 0.5) is 11.4 Å². The number of carbonyl (C=O) groups is 3. The van der Waals surface area contributed by atoms with Crippen LogP contribution in [0.5, 0.6) is 0 Å². The van der Waals surface area contributed by atoms with Crippen LogP contribution in [0, 0.1) is 5.92 Å². The fourth-order valence-corrected chi connectivity index (χ4v) is 3.08. The van der Waals surface area contributed by atoms with Crippen molar-refractivity contribution < 1.29 is 14.4 Å². The summed E-state index contributed by atoms with van der Waals surface area (Å²) in [5.41, 5.74) is 2.59. The summed E-state index contributed by atoms with van der Waals surface area (Å²) >= 11 is 0. The van der Waals surface area contributed by atoms with E-state index in [9.17, 15) is 14.4 Å². The van der Waals surface area contributed by atoms with Gasteiger partial charge in [0, 0.05) is 24.8 Å². The van der Waals surface area contributed by atoms with Crippen LogP contribution >= 0.6 is 0 Å². The van der Waals surface area contributed by atoms with E-state index in [0.29, 0.717) is 23.4 Å². The molecule has 144 valence electrons. The quantitative estimate of drug-likeness (QED) is 0.756. The SMILES string of the molecule is CC(=O)Nc1ccc(C2=C(Nc3ccccc3)C(=O)N(CC(C)C)C2=O)cc1. The molecule has 2 aromatic carbocycles. The molecule has 0 fully saturated rings. The van der Waals surface area contributed by atoms with Gasteiger partial charge in [0.15, 0.2) is 0 Å². The molecule has 0 saturated heterocycles. The number of benzene rings is 2. The zero-order chi connectivity index (χ0) is 20.3. The minimum absolute atomic E-state index is 0.160. The maximum Gasteiger partial charge on any atom is 0.278 e. The molecule has 3 rings (SSSR count). The van der Waals surface area contributed by atoms with E-state index in [-0.39, 0.29) is 29.3 Å². The normalized spacial score (nSPS) is 14.1. The monoisotopic (exact) mass is 377 g/mol. The molecule has 3 amide bonds. The lowest BCUT2D eigenvalue weighted by Gasteiger charge is -2.17. The van der Waals surface area contributed by atoms with Gasteiger partial charge in [-0.25, -0.2) is 0 Å². The molecule has 6 nitrogen and oxygen atoms in total. The smallest absolute Gasteiger partial charge is 0.278 e. The van der Waals surface area contributed by atoms with Gasteiger partial charge in [0.1, 0.15) is 5.70 Å². The largest absolute Gasteiger partial charge is 0.350 e. The van der Waals surface area contributed by atoms with E-state index < -0.39 is 0 Å². The van der Waals surface area contributed by atoms with E-state index in [1.165, 1.54) is 11.8 Å². The van der Waals surface area contributed by atoms with E-state index in [4.69, 9.17) is 0 Å². The number of hydrogen-bond acceptors (Lipinski definition) is 4. The third-order valence-electron chi connectivity index (χ3n) is 4.25. The van der Waals surface area contributed by atoms with Crippen molar-refractivity contribution in [1.82, 2.24) is 4.90 Å². The van der Waals surface area contributed by atoms with Crippen molar-refractivity contribution in [3.05, 3.63) is 65.9 Å². The van der Waals surface area contributed by atoms with Crippen LogP contribution in [0.15, 0.2) is 60.3 Å². The van der Waals surface area contributed by atoms with Crippen molar-refractivity contribution >= 4 is 34.7 Å². The highest BCUT2D eigenvalue weighted by Gasteiger charge is 2.39. The van der Waals surface area contributed by atoms with Crippen LogP contribution in [0.25, 0.3) is 5.57 Å². The van der Waals surface area contributed by atoms with Crippen LogP contribution in [-0.2, 0) is 14.4 Å². The number of imide groups is 1. The second-order valence-electron chi connectivity index (χ2n) is 7.11. The molecular weight excluding hydrogens is 354 g/mol. The molecule has 0 saturated carbocycles. The molecule has 1 aliphatic rings. The third kappa shape index (κ3) is 4.11. The van der Waals surface area contributed by atoms with Gasteiger partial charge in [-0.05, 0) is 35.7 Å². The predicted octanol–water partition coefficient (Wildman–Crippen LogP) is 3.49. The number of para-hydroxylation sites is 1. The summed E-state index contributed by atoms with van der Waals surface area (Å²) in [5, 5.41) is 5.81. The highest BCUT2D eigenvalue weighted by Crippen LogP contribution is 2.31. The lowest BCUT2D eigenvalue weighted by molar-refractivity contribution is -0.137. The second kappa shape index (κ2) is 8.08. The Kier molecular flexibility index (Phi) is 5.59. The third-order valence-corrected chi connectivity index (χ3v) is 4.25. The van der Waals surface area contributed by atoms with Gasteiger partial charge in [-0.1, -0.05) is 44.2 Å². The standard InChI is InChI=1S/C22H23N3O3/c1-14(2)13-25-21(27)19(16-9-11-18(12-10-16)23-15(3)26)20(22(25)28)24-17-7-5-4-6-8-17/h4-12,14,24H,13H2,1-3H3,(H,23,26). The Hall–Kier alpha value is -3.41. The van der Waals surface area contributed by atoms with Crippen molar-refractivity contribution in [1.29, 1.82) is 0 Å². The molecule has 2 aromatic rings. The van der Waals surface area contributed by atoms with Gasteiger partial charge in [0.05, 0.1) is 5.57 Å². The van der Waals surface area contributed by atoms with Crippen LogP contribution in [0.1, 0.15) is 26.3 Å². The number of anilines is 2. The summed E-state index contributed by atoms with van der Waals surface area (Å²) in [5.74, 6) is -0.658. The van der Waals surface area contributed by atoms with Crippen LogP contribution in [0.3, 0.4) is 0 Å². The molecule has 0 atom stereocenters. The van der Waals surface area contributed by atoms with Crippen molar-refractivity contribution in [2.24, 2.45) is 5.92 Å². The summed E-state index contributed by atoms with van der Waals surface area (Å²) in [6.45, 7) is 5.71. The van der Waals surface area contributed by atoms with Crippen LogP contribution < -0.4 is 10.6 Å². The Morgan fingerprint density at radius 3 is 2.14 bits per heavy atom. The van der Waals surface area contributed by atoms with E-state index in [0.717, 1.165) is 5.69 Å². The topological polar surface area (TPSA) is 78.5 Å². The summed E-state index contributed by atoms with van der Waals surface area (Å²) in [6, 6.07) is 16.2. The Balaban J connectivity index is 2.01. The zero-order valence-electron chi connectivity index (χ0n) is 16.2. The van der Waals surface area contributed by atoms with E-state index in [1.54, 1.807) is 24.3 Å². The molecule has 0 spiro atoms. The lowest BCUT2D eigenvalue weighted by atomic mass is 10.0. The van der Waals surface area contributed by atoms with Crippen molar-refractivity contribution in [3.63, 3.8) is 0 Å². The van der Waals surface area contributed by atoms with Crippen LogP contribution in [-0.4, -0.2) is 29.2 Å². The minimum atomic E-state index is -0.330. The molecule has 6 heteroatoms. The fourth-order valence-electron chi connectivity index (χ4n) is 3.08. The molecule has 0 aliphatic carbocycles. The number of amides is 3. The summed E-state index contributed by atoms with van der Waals surface area (Å²) in [4.78, 5) is 38.5. The number of nitrogens with zero attached hydrogens (tertiary/aromatic N) is 1. The van der Waals surface area contributed by atoms with Gasteiger partial charge in [-0.15, -0.1) is 0 Å². The van der Waals surface area contributed by atoms with Gasteiger partial charge < -0.3 is 10.6 Å². The van der Waals surface area contributed by atoms with E-state index in [2.05, 4.69) is 10.6 Å². The molecule has 0 unspecified atom stereocenters. The Morgan fingerprint density at radius 2 is 1.57 bits per heavy atom. The average Bonchev–Trinajstić information content (AvgIpc) is 2.87. The maximum absolute atomic E-state index is 13.1. The highest BCUT2D eigenvalue weighted by atomic mass is 16.2. The van der Waals surface area contributed by atoms with Crippen molar-refractivity contribution in [3.8, 4) is 0 Å². The number of nitrogens with one attached hydrogen (secondary N) is 2. The Morgan fingerprint density at radius 1 is 0.929 bits per heavy atom. The number of carbonyl (C=O) groups excluding carboxylic acids is 3. The van der Waals surface area contributed by atoms with Crippen molar-refractivity contribution in [2.75, 3.05) is 17.2 Å². The average molecular weight is 377 g/mol. The maximum atomic E-state index is 13.1. The van der Waals surface area contributed by atoms with Gasteiger partial charge in [0.2, 0.25) is 5.91 Å². The molecular formula is C22H23N3O3. The first-order chi connectivity index (χ1) is 13.4. The molecule has 0 radical (unpaired) electrons. The molecule has 2 N–H and O–H groups in total. The van der Waals surface area contributed by atoms with E-state index in [1.807, 2.05) is 44.2 Å². The molecule has 0 aromatic heterocycles. The Bertz CT molecular complexity index is 931. The molecule has 0 bridgehead atoms.